The Morgan fingerprint density at radius 3 is 2.54 bits per heavy atom. The van der Waals surface area contributed by atoms with Crippen LogP contribution in [0, 0.1) is 26.7 Å². The molecule has 1 aromatic heterocycles. The lowest BCUT2D eigenvalue weighted by Crippen LogP contribution is -2.42. The Hall–Kier alpha value is -1.66. The van der Waals surface area contributed by atoms with Crippen molar-refractivity contribution in [1.82, 2.24) is 9.46 Å². The fraction of sp³-hybridized carbons (Fsp3) is 0.500. The first-order chi connectivity index (χ1) is 11.2. The normalized spacial score (nSPS) is 18.8. The van der Waals surface area contributed by atoms with Crippen molar-refractivity contribution in [2.45, 2.75) is 52.0 Å². The molecule has 1 aromatic carbocycles. The fourth-order valence-electron chi connectivity index (χ4n) is 3.69. The number of benzene rings is 1. The Labute approximate surface area is 143 Å². The summed E-state index contributed by atoms with van der Waals surface area (Å²) in [5.74, 6) is 0.520. The third kappa shape index (κ3) is 2.67. The van der Waals surface area contributed by atoms with Gasteiger partial charge in [0, 0.05) is 6.54 Å². The largest absolute Gasteiger partial charge is 0.360 e. The number of nitrogens with zero attached hydrogens (tertiary/aromatic N) is 2. The Bertz CT molecular complexity index is 849. The van der Waals surface area contributed by atoms with Crippen molar-refractivity contribution >= 4 is 10.0 Å². The van der Waals surface area contributed by atoms with E-state index in [1.807, 2.05) is 0 Å². The van der Waals surface area contributed by atoms with Crippen LogP contribution >= 0.6 is 0 Å². The molecule has 0 amide bonds. The van der Waals surface area contributed by atoms with Crippen LogP contribution in [0.3, 0.4) is 0 Å². The second-order valence-corrected chi connectivity index (χ2v) is 8.74. The summed E-state index contributed by atoms with van der Waals surface area (Å²) in [6.45, 7) is 10.0. The Kier molecular flexibility index (Phi) is 4.30. The second kappa shape index (κ2) is 6.01. The molecular weight excluding hydrogens is 324 g/mol. The van der Waals surface area contributed by atoms with Crippen LogP contribution in [0.2, 0.25) is 0 Å². The first kappa shape index (κ1) is 17.2. The molecule has 1 atom stereocenters. The van der Waals surface area contributed by atoms with Crippen LogP contribution in [-0.2, 0) is 16.4 Å². The lowest BCUT2D eigenvalue weighted by Gasteiger charge is -2.38. The van der Waals surface area contributed by atoms with Gasteiger partial charge in [-0.2, -0.15) is 4.31 Å². The van der Waals surface area contributed by atoms with Gasteiger partial charge in [0.2, 0.25) is 10.0 Å². The predicted molar refractivity (Wildman–Crippen MR) is 92.3 cm³/mol. The smallest absolute Gasteiger partial charge is 0.249 e. The molecule has 3 rings (SSSR count). The zero-order valence-electron chi connectivity index (χ0n) is 14.8. The van der Waals surface area contributed by atoms with Crippen LogP contribution in [-0.4, -0.2) is 24.4 Å². The molecule has 0 aliphatic carbocycles. The van der Waals surface area contributed by atoms with Gasteiger partial charge < -0.3 is 4.52 Å². The van der Waals surface area contributed by atoms with Gasteiger partial charge in [-0.05, 0) is 44.2 Å². The third-order valence-corrected chi connectivity index (χ3v) is 6.82. The van der Waals surface area contributed by atoms with Gasteiger partial charge in [-0.1, -0.05) is 42.8 Å². The van der Waals surface area contributed by atoms with E-state index >= 15 is 0 Å². The molecule has 0 radical (unpaired) electrons. The zero-order valence-corrected chi connectivity index (χ0v) is 15.6. The Balaban J connectivity index is 2.13. The van der Waals surface area contributed by atoms with E-state index in [0.29, 0.717) is 18.0 Å². The van der Waals surface area contributed by atoms with Gasteiger partial charge >= 0.3 is 0 Å². The summed E-state index contributed by atoms with van der Waals surface area (Å²) >= 11 is 0. The van der Waals surface area contributed by atoms with Crippen molar-refractivity contribution in [3.05, 3.63) is 46.3 Å². The first-order valence-corrected chi connectivity index (χ1v) is 9.71. The molecule has 1 aliphatic rings. The van der Waals surface area contributed by atoms with E-state index in [-0.39, 0.29) is 16.9 Å². The van der Waals surface area contributed by atoms with Gasteiger partial charge in [0.1, 0.15) is 10.6 Å². The third-order valence-electron chi connectivity index (χ3n) is 4.69. The summed E-state index contributed by atoms with van der Waals surface area (Å²) < 4.78 is 33.3. The number of hydrogen-bond acceptors (Lipinski definition) is 4. The molecule has 0 saturated carbocycles. The maximum atomic E-state index is 13.3. The van der Waals surface area contributed by atoms with E-state index in [2.05, 4.69) is 44.1 Å². The van der Waals surface area contributed by atoms with Crippen molar-refractivity contribution in [3.63, 3.8) is 0 Å². The number of fused-ring (bicyclic) bond motifs is 1. The molecular formula is C18H24N2O3S. The van der Waals surface area contributed by atoms with Crippen LogP contribution < -0.4 is 0 Å². The molecule has 2 heterocycles. The Morgan fingerprint density at radius 2 is 1.96 bits per heavy atom. The summed E-state index contributed by atoms with van der Waals surface area (Å²) in [6.07, 6.45) is 0.725. The molecule has 130 valence electrons. The van der Waals surface area contributed by atoms with E-state index < -0.39 is 10.0 Å². The van der Waals surface area contributed by atoms with Crippen LogP contribution in [0.1, 0.15) is 48.0 Å². The highest BCUT2D eigenvalue weighted by Gasteiger charge is 2.40. The van der Waals surface area contributed by atoms with Crippen LogP contribution in [0.15, 0.2) is 27.6 Å². The number of aromatic nitrogens is 1. The van der Waals surface area contributed by atoms with Crippen LogP contribution in [0.25, 0.3) is 0 Å². The summed E-state index contributed by atoms with van der Waals surface area (Å²) in [4.78, 5) is 0.212. The topological polar surface area (TPSA) is 63.4 Å². The SMILES string of the molecule is Cc1ccc2c(c1)CCN(S(=O)(=O)c1c(C)noc1C)C2C(C)C. The standard InChI is InChI=1S/C18H24N2O3S/c1-11(2)17-16-7-6-12(3)10-15(16)8-9-20(17)24(21,22)18-13(4)19-23-14(18)5/h6-7,10-11,17H,8-9H2,1-5H3. The van der Waals surface area contributed by atoms with E-state index in [1.54, 1.807) is 18.2 Å². The highest BCUT2D eigenvalue weighted by molar-refractivity contribution is 7.89. The fourth-order valence-corrected chi connectivity index (χ4v) is 5.72. The number of rotatable bonds is 3. The minimum atomic E-state index is -3.65. The summed E-state index contributed by atoms with van der Waals surface area (Å²) in [5, 5.41) is 3.82. The van der Waals surface area contributed by atoms with E-state index in [0.717, 1.165) is 12.0 Å². The molecule has 0 bridgehead atoms. The molecule has 24 heavy (non-hydrogen) atoms. The van der Waals surface area contributed by atoms with Crippen molar-refractivity contribution < 1.29 is 12.9 Å². The lowest BCUT2D eigenvalue weighted by molar-refractivity contribution is 0.247. The molecule has 1 unspecified atom stereocenters. The van der Waals surface area contributed by atoms with E-state index in [1.165, 1.54) is 11.1 Å². The van der Waals surface area contributed by atoms with Gasteiger partial charge in [0.05, 0.1) is 6.04 Å². The average Bonchev–Trinajstić information content (AvgIpc) is 2.85. The van der Waals surface area contributed by atoms with E-state index in [4.69, 9.17) is 4.52 Å². The maximum absolute atomic E-state index is 13.3. The Morgan fingerprint density at radius 1 is 1.25 bits per heavy atom. The monoisotopic (exact) mass is 348 g/mol. The minimum Gasteiger partial charge on any atom is -0.360 e. The first-order valence-electron chi connectivity index (χ1n) is 8.27. The van der Waals surface area contributed by atoms with Crippen molar-refractivity contribution in [2.24, 2.45) is 5.92 Å². The van der Waals surface area contributed by atoms with Gasteiger partial charge in [-0.25, -0.2) is 8.42 Å². The molecule has 0 saturated heterocycles. The quantitative estimate of drug-likeness (QED) is 0.851. The van der Waals surface area contributed by atoms with Gasteiger partial charge in [0.15, 0.2) is 5.76 Å². The maximum Gasteiger partial charge on any atom is 0.249 e. The summed E-state index contributed by atoms with van der Waals surface area (Å²) in [5.41, 5.74) is 3.99. The van der Waals surface area contributed by atoms with Crippen molar-refractivity contribution in [2.75, 3.05) is 6.54 Å². The van der Waals surface area contributed by atoms with Crippen LogP contribution in [0.4, 0.5) is 0 Å². The molecule has 1 aliphatic heterocycles. The molecule has 0 fully saturated rings. The highest BCUT2D eigenvalue weighted by atomic mass is 32.2. The number of sulfonamides is 1. The summed E-state index contributed by atoms with van der Waals surface area (Å²) in [6, 6.07) is 6.13. The highest BCUT2D eigenvalue weighted by Crippen LogP contribution is 2.40. The van der Waals surface area contributed by atoms with Crippen molar-refractivity contribution in [3.8, 4) is 0 Å². The van der Waals surface area contributed by atoms with E-state index in [9.17, 15) is 8.42 Å². The molecule has 5 nitrogen and oxygen atoms in total. The molecule has 0 spiro atoms. The second-order valence-electron chi connectivity index (χ2n) is 6.91. The zero-order chi connectivity index (χ0) is 17.6. The summed E-state index contributed by atoms with van der Waals surface area (Å²) in [7, 11) is -3.65. The predicted octanol–water partition coefficient (Wildman–Crippen LogP) is 3.54. The lowest BCUT2D eigenvalue weighted by atomic mass is 9.87. The van der Waals surface area contributed by atoms with Crippen LogP contribution in [0.5, 0.6) is 0 Å². The molecule has 6 heteroatoms. The minimum absolute atomic E-state index is 0.169. The average molecular weight is 348 g/mol. The number of hydrogen-bond donors (Lipinski definition) is 0. The van der Waals surface area contributed by atoms with Crippen molar-refractivity contribution in [1.29, 1.82) is 0 Å². The molecule has 2 aromatic rings. The van der Waals surface area contributed by atoms with Gasteiger partial charge in [-0.3, -0.25) is 0 Å². The van der Waals surface area contributed by atoms with Gasteiger partial charge in [-0.15, -0.1) is 0 Å². The van der Waals surface area contributed by atoms with Gasteiger partial charge in [0.25, 0.3) is 0 Å². The molecule has 0 N–H and O–H groups in total. The number of aryl methyl sites for hydroxylation is 3.